The number of aliphatic hydroxyl groups excluding tert-OH is 3. The van der Waals surface area contributed by atoms with Crippen LogP contribution in [0.1, 0.15) is 64.7 Å². The average molecular weight is 387 g/mol. The van der Waals surface area contributed by atoms with Gasteiger partial charge in [-0.2, -0.15) is 0 Å². The van der Waals surface area contributed by atoms with Crippen molar-refractivity contribution in [3.63, 3.8) is 0 Å². The monoisotopic (exact) mass is 386 g/mol. The van der Waals surface area contributed by atoms with E-state index in [1.54, 1.807) is 0 Å². The second-order valence-corrected chi connectivity index (χ2v) is 7.35. The number of rotatable bonds is 12. The fourth-order valence-corrected chi connectivity index (χ4v) is 3.53. The zero-order valence-corrected chi connectivity index (χ0v) is 16.5. The number of halogens is 1. The number of methoxy groups -OCH3 is 1. The molecule has 0 aromatic heterocycles. The number of hydrogen-bond acceptors (Lipinski definition) is 5. The van der Waals surface area contributed by atoms with Gasteiger partial charge in [0.2, 0.25) is 0 Å². The van der Waals surface area contributed by atoms with E-state index in [2.05, 4.69) is 4.74 Å². The minimum absolute atomic E-state index is 0.210. The highest BCUT2D eigenvalue weighted by Gasteiger charge is 2.40. The van der Waals surface area contributed by atoms with Gasteiger partial charge in [-0.05, 0) is 37.7 Å². The van der Waals surface area contributed by atoms with Crippen LogP contribution in [0.3, 0.4) is 0 Å². The molecule has 156 valence electrons. The van der Waals surface area contributed by atoms with Gasteiger partial charge in [-0.1, -0.05) is 38.3 Å². The Bertz CT molecular complexity index is 491. The molecule has 0 saturated heterocycles. The van der Waals surface area contributed by atoms with Crippen LogP contribution < -0.4 is 0 Å². The summed E-state index contributed by atoms with van der Waals surface area (Å²) in [5.41, 5.74) is 0. The van der Waals surface area contributed by atoms with E-state index in [0.29, 0.717) is 32.1 Å². The molecule has 1 rings (SSSR count). The molecule has 6 heteroatoms. The maximum Gasteiger partial charge on any atom is 0.305 e. The van der Waals surface area contributed by atoms with Crippen molar-refractivity contribution in [3.05, 3.63) is 24.1 Å². The maximum atomic E-state index is 14.3. The Morgan fingerprint density at radius 3 is 2.63 bits per heavy atom. The van der Waals surface area contributed by atoms with E-state index in [4.69, 9.17) is 0 Å². The highest BCUT2D eigenvalue weighted by molar-refractivity contribution is 5.69. The lowest BCUT2D eigenvalue weighted by Crippen LogP contribution is -2.21. The van der Waals surface area contributed by atoms with Gasteiger partial charge in [0.25, 0.3) is 0 Å². The molecule has 1 fully saturated rings. The topological polar surface area (TPSA) is 87.0 Å². The van der Waals surface area contributed by atoms with Crippen molar-refractivity contribution in [2.24, 2.45) is 11.8 Å². The minimum atomic E-state index is -1.14. The van der Waals surface area contributed by atoms with Crippen LogP contribution in [0.15, 0.2) is 24.1 Å². The second kappa shape index (κ2) is 13.0. The smallest absolute Gasteiger partial charge is 0.305 e. The van der Waals surface area contributed by atoms with E-state index in [1.807, 2.05) is 19.1 Å². The SMILES string of the molecule is CCCCC[C@H](O)/C(F)=C/[C@@H]1[C@@H](C/C=C\CCCC(=O)OC)[C@@H](O)C[C@H]1O. The molecule has 0 radical (unpaired) electrons. The first-order valence-electron chi connectivity index (χ1n) is 10.0. The third kappa shape index (κ3) is 8.54. The summed E-state index contributed by atoms with van der Waals surface area (Å²) < 4.78 is 18.9. The van der Waals surface area contributed by atoms with Gasteiger partial charge in [0, 0.05) is 18.8 Å². The molecule has 27 heavy (non-hydrogen) atoms. The molecule has 0 heterocycles. The van der Waals surface area contributed by atoms with Crippen molar-refractivity contribution < 1.29 is 29.2 Å². The van der Waals surface area contributed by atoms with E-state index in [-0.39, 0.29) is 18.3 Å². The predicted molar refractivity (Wildman–Crippen MR) is 103 cm³/mol. The molecule has 0 aromatic rings. The van der Waals surface area contributed by atoms with Crippen LogP contribution in [0.4, 0.5) is 4.39 Å². The number of carbonyl (C=O) groups excluding carboxylic acids is 1. The van der Waals surface area contributed by atoms with Crippen molar-refractivity contribution in [1.29, 1.82) is 0 Å². The zero-order chi connectivity index (χ0) is 20.2. The number of hydrogen-bond donors (Lipinski definition) is 3. The first-order chi connectivity index (χ1) is 12.9. The molecule has 0 aromatic carbocycles. The van der Waals surface area contributed by atoms with Gasteiger partial charge in [0.05, 0.1) is 19.3 Å². The van der Waals surface area contributed by atoms with Crippen molar-refractivity contribution in [3.8, 4) is 0 Å². The highest BCUT2D eigenvalue weighted by atomic mass is 19.1. The number of ether oxygens (including phenoxy) is 1. The fourth-order valence-electron chi connectivity index (χ4n) is 3.53. The molecule has 1 aliphatic rings. The summed E-state index contributed by atoms with van der Waals surface area (Å²) in [4.78, 5) is 11.0. The Morgan fingerprint density at radius 2 is 1.96 bits per heavy atom. The molecule has 5 atom stereocenters. The lowest BCUT2D eigenvalue weighted by atomic mass is 9.89. The van der Waals surface area contributed by atoms with Gasteiger partial charge in [0.1, 0.15) is 11.9 Å². The minimum Gasteiger partial charge on any atom is -0.469 e. The van der Waals surface area contributed by atoms with Crippen LogP contribution in [-0.4, -0.2) is 46.7 Å². The Balaban J connectivity index is 2.56. The number of aliphatic hydroxyl groups is 3. The van der Waals surface area contributed by atoms with E-state index in [1.165, 1.54) is 13.2 Å². The van der Waals surface area contributed by atoms with Gasteiger partial charge in [0.15, 0.2) is 0 Å². The normalized spacial score (nSPS) is 27.3. The summed E-state index contributed by atoms with van der Waals surface area (Å²) in [6, 6.07) is 0. The molecule has 5 nitrogen and oxygen atoms in total. The summed E-state index contributed by atoms with van der Waals surface area (Å²) in [5.74, 6) is -1.65. The average Bonchev–Trinajstić information content (AvgIpc) is 2.90. The van der Waals surface area contributed by atoms with Crippen LogP contribution in [-0.2, 0) is 9.53 Å². The molecule has 0 bridgehead atoms. The van der Waals surface area contributed by atoms with Crippen LogP contribution in [0.5, 0.6) is 0 Å². The molecule has 0 aliphatic heterocycles. The van der Waals surface area contributed by atoms with E-state index < -0.39 is 30.1 Å². The Kier molecular flexibility index (Phi) is 11.5. The van der Waals surface area contributed by atoms with Gasteiger partial charge in [-0.3, -0.25) is 4.79 Å². The molecule has 1 saturated carbocycles. The summed E-state index contributed by atoms with van der Waals surface area (Å²) in [7, 11) is 1.36. The van der Waals surface area contributed by atoms with Crippen LogP contribution >= 0.6 is 0 Å². The number of allylic oxidation sites excluding steroid dienone is 2. The van der Waals surface area contributed by atoms with E-state index in [9.17, 15) is 24.5 Å². The Labute approximate surface area is 161 Å². The van der Waals surface area contributed by atoms with Gasteiger partial charge < -0.3 is 20.1 Å². The largest absolute Gasteiger partial charge is 0.469 e. The van der Waals surface area contributed by atoms with Crippen molar-refractivity contribution in [2.75, 3.05) is 7.11 Å². The second-order valence-electron chi connectivity index (χ2n) is 7.35. The van der Waals surface area contributed by atoms with E-state index in [0.717, 1.165) is 19.3 Å². The molecule has 0 unspecified atom stereocenters. The zero-order valence-electron chi connectivity index (χ0n) is 16.5. The summed E-state index contributed by atoms with van der Waals surface area (Å²) in [6.07, 6.45) is 8.01. The molecule has 3 N–H and O–H groups in total. The van der Waals surface area contributed by atoms with E-state index >= 15 is 0 Å². The lowest BCUT2D eigenvalue weighted by Gasteiger charge is -2.20. The lowest BCUT2D eigenvalue weighted by molar-refractivity contribution is -0.140. The quantitative estimate of drug-likeness (QED) is 0.272. The maximum absolute atomic E-state index is 14.3. The standard InChI is InChI=1S/C21H35FO5/c1-3-4-7-11-18(23)17(22)13-16-15(19(24)14-20(16)25)10-8-5-6-9-12-21(26)27-2/h5,8,13,15-16,18-20,23-25H,3-4,6-7,9-12,14H2,1-2H3/b8-5-,17-13-/t15-,16-,18+,19+,20-/m1/s1. The molecular formula is C21H35FO5. The number of carbonyl (C=O) groups is 1. The molecule has 1 aliphatic carbocycles. The third-order valence-electron chi connectivity index (χ3n) is 5.22. The van der Waals surface area contributed by atoms with Gasteiger partial charge in [-0.25, -0.2) is 4.39 Å². The van der Waals surface area contributed by atoms with Crippen LogP contribution in [0, 0.1) is 11.8 Å². The van der Waals surface area contributed by atoms with Crippen molar-refractivity contribution in [1.82, 2.24) is 0 Å². The summed E-state index contributed by atoms with van der Waals surface area (Å²) in [6.45, 7) is 2.04. The van der Waals surface area contributed by atoms with Gasteiger partial charge >= 0.3 is 5.97 Å². The predicted octanol–water partition coefficient (Wildman–Crippen LogP) is 3.43. The van der Waals surface area contributed by atoms with Crippen LogP contribution in [0.25, 0.3) is 0 Å². The Hall–Kier alpha value is -1.24. The summed E-state index contributed by atoms with van der Waals surface area (Å²) in [5, 5.41) is 30.3. The number of esters is 1. The first kappa shape index (κ1) is 23.8. The van der Waals surface area contributed by atoms with Crippen molar-refractivity contribution >= 4 is 5.97 Å². The third-order valence-corrected chi connectivity index (χ3v) is 5.22. The Morgan fingerprint density at radius 1 is 1.22 bits per heavy atom. The molecular weight excluding hydrogens is 351 g/mol. The molecule has 0 spiro atoms. The fraction of sp³-hybridized carbons (Fsp3) is 0.762. The highest BCUT2D eigenvalue weighted by Crippen LogP contribution is 2.37. The van der Waals surface area contributed by atoms with Gasteiger partial charge in [-0.15, -0.1) is 0 Å². The van der Waals surface area contributed by atoms with Crippen LogP contribution in [0.2, 0.25) is 0 Å². The first-order valence-corrected chi connectivity index (χ1v) is 10.0. The number of unbranched alkanes of at least 4 members (excludes halogenated alkanes) is 3. The van der Waals surface area contributed by atoms with Crippen molar-refractivity contribution in [2.45, 2.75) is 83.0 Å². The summed E-state index contributed by atoms with van der Waals surface area (Å²) >= 11 is 0. The molecule has 0 amide bonds.